The summed E-state index contributed by atoms with van der Waals surface area (Å²) in [5.74, 6) is 0.0957. The molecule has 0 radical (unpaired) electrons. The van der Waals surface area contributed by atoms with Gasteiger partial charge in [0.05, 0.1) is 17.3 Å². The van der Waals surface area contributed by atoms with Crippen LogP contribution in [-0.4, -0.2) is 81.9 Å². The van der Waals surface area contributed by atoms with Crippen LogP contribution in [0.5, 0.6) is 5.75 Å². The Labute approximate surface area is 222 Å². The van der Waals surface area contributed by atoms with Gasteiger partial charge in [0.2, 0.25) is 5.91 Å². The van der Waals surface area contributed by atoms with Crippen molar-refractivity contribution in [2.75, 3.05) is 32.8 Å². The van der Waals surface area contributed by atoms with E-state index < -0.39 is 17.1 Å². The van der Waals surface area contributed by atoms with Gasteiger partial charge in [0, 0.05) is 32.2 Å². The lowest BCUT2D eigenvalue weighted by molar-refractivity contribution is -0.131. The van der Waals surface area contributed by atoms with Crippen molar-refractivity contribution in [3.05, 3.63) is 54.4 Å². The fraction of sp³-hybridized carbons (Fsp3) is 0.500. The number of ether oxygens (including phenoxy) is 2. The summed E-state index contributed by atoms with van der Waals surface area (Å²) in [5, 5.41) is 7.73. The van der Waals surface area contributed by atoms with Crippen LogP contribution in [-0.2, 0) is 9.53 Å². The van der Waals surface area contributed by atoms with E-state index in [1.807, 2.05) is 63.3 Å². The Bertz CT molecular complexity index is 1230. The molecule has 1 unspecified atom stereocenters. The Morgan fingerprint density at radius 1 is 1.16 bits per heavy atom. The van der Waals surface area contributed by atoms with E-state index in [-0.39, 0.29) is 36.7 Å². The summed E-state index contributed by atoms with van der Waals surface area (Å²) in [7, 11) is 0. The van der Waals surface area contributed by atoms with Crippen molar-refractivity contribution >= 4 is 17.9 Å². The number of nitrogens with one attached hydrogen (secondary N) is 1. The molecule has 1 spiro atoms. The molecule has 5 rings (SSSR count). The van der Waals surface area contributed by atoms with Crippen LogP contribution in [0.15, 0.2) is 48.7 Å². The van der Waals surface area contributed by atoms with Gasteiger partial charge in [-0.05, 0) is 52.2 Å². The molecule has 38 heavy (non-hydrogen) atoms. The number of allylic oxidation sites excluding steroid dienone is 1. The number of rotatable bonds is 1. The number of hydrogen-bond acceptors (Lipinski definition) is 6. The van der Waals surface area contributed by atoms with Crippen molar-refractivity contribution in [3.63, 3.8) is 0 Å². The molecular weight excluding hydrogens is 486 g/mol. The zero-order valence-electron chi connectivity index (χ0n) is 22.2. The highest BCUT2D eigenvalue weighted by Crippen LogP contribution is 2.36. The quantitative estimate of drug-likeness (QED) is 0.578. The predicted octanol–water partition coefficient (Wildman–Crippen LogP) is 3.17. The summed E-state index contributed by atoms with van der Waals surface area (Å²) < 4.78 is 13.2. The molecule has 2 saturated heterocycles. The summed E-state index contributed by atoms with van der Waals surface area (Å²) in [6.45, 7) is 7.34. The average Bonchev–Trinajstić information content (AvgIpc) is 3.62. The highest BCUT2D eigenvalue weighted by atomic mass is 16.6. The second-order valence-electron chi connectivity index (χ2n) is 11.3. The second kappa shape index (κ2) is 10.2. The van der Waals surface area contributed by atoms with Crippen LogP contribution in [0.4, 0.5) is 4.79 Å². The molecule has 3 amide bonds. The largest absolute Gasteiger partial charge is 0.485 e. The van der Waals surface area contributed by atoms with Gasteiger partial charge in [0.1, 0.15) is 12.2 Å². The molecule has 1 aromatic heterocycles. The molecule has 10 nitrogen and oxygen atoms in total. The molecule has 10 heteroatoms. The normalized spacial score (nSPS) is 25.0. The molecule has 0 aliphatic carbocycles. The van der Waals surface area contributed by atoms with Crippen LogP contribution in [0.2, 0.25) is 0 Å². The molecule has 2 aromatic rings. The smallest absolute Gasteiger partial charge is 0.410 e. The fourth-order valence-electron chi connectivity index (χ4n) is 5.19. The molecule has 2 atom stereocenters. The summed E-state index contributed by atoms with van der Waals surface area (Å²) in [6.07, 6.45) is 6.74. The topological polar surface area (TPSA) is 106 Å². The molecule has 1 aromatic carbocycles. The summed E-state index contributed by atoms with van der Waals surface area (Å²) in [4.78, 5) is 43.1. The van der Waals surface area contributed by atoms with Gasteiger partial charge in [-0.3, -0.25) is 9.59 Å². The van der Waals surface area contributed by atoms with E-state index in [9.17, 15) is 14.4 Å². The molecule has 0 saturated carbocycles. The first-order chi connectivity index (χ1) is 18.1. The minimum absolute atomic E-state index is 0.0977. The third-order valence-corrected chi connectivity index (χ3v) is 7.21. The van der Waals surface area contributed by atoms with Crippen molar-refractivity contribution in [1.29, 1.82) is 0 Å². The number of para-hydroxylation sites is 1. The highest BCUT2D eigenvalue weighted by molar-refractivity contribution is 5.95. The van der Waals surface area contributed by atoms with Crippen molar-refractivity contribution < 1.29 is 23.9 Å². The molecule has 1 N–H and O–H groups in total. The number of benzene rings is 1. The Hall–Kier alpha value is -3.82. The second-order valence-corrected chi connectivity index (χ2v) is 11.3. The van der Waals surface area contributed by atoms with Gasteiger partial charge in [0.25, 0.3) is 5.91 Å². The number of fused-ring (bicyclic) bond motifs is 3. The number of carbonyl (C=O) groups is 3. The number of nitrogens with zero attached hydrogens (tertiary/aromatic N) is 4. The van der Waals surface area contributed by atoms with Gasteiger partial charge in [-0.1, -0.05) is 30.4 Å². The molecule has 2 bridgehead atoms. The van der Waals surface area contributed by atoms with E-state index in [2.05, 4.69) is 10.4 Å². The number of aromatic nitrogens is 2. The van der Waals surface area contributed by atoms with Gasteiger partial charge >= 0.3 is 6.09 Å². The maximum atomic E-state index is 13.6. The van der Waals surface area contributed by atoms with E-state index in [1.54, 1.807) is 20.7 Å². The van der Waals surface area contributed by atoms with Crippen LogP contribution in [0.3, 0.4) is 0 Å². The lowest BCUT2D eigenvalue weighted by atomic mass is 9.82. The van der Waals surface area contributed by atoms with Crippen LogP contribution < -0.4 is 10.1 Å². The lowest BCUT2D eigenvalue weighted by Gasteiger charge is -2.30. The van der Waals surface area contributed by atoms with Crippen LogP contribution >= 0.6 is 0 Å². The van der Waals surface area contributed by atoms with Crippen molar-refractivity contribution in [2.45, 2.75) is 51.7 Å². The van der Waals surface area contributed by atoms with Crippen LogP contribution in [0, 0.1) is 5.41 Å². The Morgan fingerprint density at radius 2 is 1.95 bits per heavy atom. The Balaban J connectivity index is 1.39. The Morgan fingerprint density at radius 3 is 2.71 bits per heavy atom. The molecule has 2 fully saturated rings. The van der Waals surface area contributed by atoms with Crippen LogP contribution in [0.1, 0.15) is 50.5 Å². The maximum absolute atomic E-state index is 13.6. The first kappa shape index (κ1) is 25.8. The van der Waals surface area contributed by atoms with Gasteiger partial charge in [0.15, 0.2) is 11.4 Å². The average molecular weight is 522 g/mol. The number of carbonyl (C=O) groups excluding carboxylic acids is 3. The van der Waals surface area contributed by atoms with Gasteiger partial charge in [-0.25, -0.2) is 9.48 Å². The molecular formula is C28H35N5O5. The van der Waals surface area contributed by atoms with E-state index >= 15 is 0 Å². The molecule has 4 heterocycles. The van der Waals surface area contributed by atoms with Crippen molar-refractivity contribution in [2.24, 2.45) is 5.41 Å². The summed E-state index contributed by atoms with van der Waals surface area (Å²) >= 11 is 0. The zero-order valence-corrected chi connectivity index (χ0v) is 22.2. The summed E-state index contributed by atoms with van der Waals surface area (Å²) in [5.41, 5.74) is -0.290. The van der Waals surface area contributed by atoms with Crippen molar-refractivity contribution in [3.8, 4) is 11.4 Å². The third-order valence-electron chi connectivity index (χ3n) is 7.21. The first-order valence-electron chi connectivity index (χ1n) is 13.1. The van der Waals surface area contributed by atoms with Crippen LogP contribution in [0.25, 0.3) is 5.69 Å². The number of amides is 3. The minimum atomic E-state index is -0.766. The standard InChI is InChI=1S/C28H35N5O5/c1-27(2,3)38-26(36)32-15-13-28(19-32)12-7-8-16-37-22-18-33(21-9-5-4-6-10-21)30-23(22)24(34)31-14-11-20(17-31)29-25(28)35/h4-10,18,20H,11-17,19H2,1-3H3,(H,29,35)/b8-7+/t20-,28?/m1/s1. The highest BCUT2D eigenvalue weighted by Gasteiger charge is 2.47. The maximum Gasteiger partial charge on any atom is 0.410 e. The summed E-state index contributed by atoms with van der Waals surface area (Å²) in [6, 6.07) is 9.39. The predicted molar refractivity (Wildman–Crippen MR) is 140 cm³/mol. The molecule has 3 aliphatic rings. The third kappa shape index (κ3) is 5.39. The van der Waals surface area contributed by atoms with Gasteiger partial charge in [-0.2, -0.15) is 5.10 Å². The van der Waals surface area contributed by atoms with Gasteiger partial charge < -0.3 is 24.6 Å². The van der Waals surface area contributed by atoms with E-state index in [0.29, 0.717) is 44.6 Å². The van der Waals surface area contributed by atoms with Gasteiger partial charge in [-0.15, -0.1) is 0 Å². The van der Waals surface area contributed by atoms with E-state index in [0.717, 1.165) is 5.69 Å². The monoisotopic (exact) mass is 521 g/mol. The molecule has 202 valence electrons. The fourth-order valence-corrected chi connectivity index (χ4v) is 5.19. The minimum Gasteiger partial charge on any atom is -0.485 e. The molecule has 3 aliphatic heterocycles. The van der Waals surface area contributed by atoms with Crippen molar-refractivity contribution in [1.82, 2.24) is 24.9 Å². The zero-order chi connectivity index (χ0) is 26.9. The SMILES string of the molecule is CC(C)(C)OC(=O)N1CCC2(C/C=C/COc3cn(-c4ccccc4)nc3C(=O)N3CC[C@H](C3)NC2=O)C1. The van der Waals surface area contributed by atoms with E-state index in [1.165, 1.54) is 0 Å². The first-order valence-corrected chi connectivity index (χ1v) is 13.1. The Kier molecular flexibility index (Phi) is 6.90. The lowest BCUT2D eigenvalue weighted by Crippen LogP contribution is -2.48. The number of likely N-dealkylation sites (tertiary alicyclic amines) is 1. The van der Waals surface area contributed by atoms with E-state index in [4.69, 9.17) is 9.47 Å². The number of hydrogen-bond donors (Lipinski definition) is 1.